The summed E-state index contributed by atoms with van der Waals surface area (Å²) < 4.78 is 0. The van der Waals surface area contributed by atoms with Crippen LogP contribution < -0.4 is 0 Å². The Morgan fingerprint density at radius 1 is 1.12 bits per heavy atom. The van der Waals surface area contributed by atoms with Crippen molar-refractivity contribution in [2.24, 2.45) is 11.8 Å². The van der Waals surface area contributed by atoms with E-state index in [1.807, 2.05) is 18.2 Å². The van der Waals surface area contributed by atoms with Gasteiger partial charge >= 0.3 is 5.97 Å². The van der Waals surface area contributed by atoms with E-state index in [1.165, 1.54) is 0 Å². The van der Waals surface area contributed by atoms with Gasteiger partial charge in [-0.3, -0.25) is 14.4 Å². The molecule has 0 fully saturated rings. The van der Waals surface area contributed by atoms with Crippen molar-refractivity contribution < 1.29 is 19.5 Å². The second-order valence-corrected chi connectivity index (χ2v) is 6.56. The van der Waals surface area contributed by atoms with Crippen LogP contribution in [-0.4, -0.2) is 22.6 Å². The average molecular weight is 334 g/mol. The predicted octanol–water partition coefficient (Wildman–Crippen LogP) is 4.49. The zero-order chi connectivity index (χ0) is 17.8. The Balaban J connectivity index is 2.29. The maximum absolute atomic E-state index is 12.0. The first kappa shape index (κ1) is 20.3. The van der Waals surface area contributed by atoms with Gasteiger partial charge < -0.3 is 5.11 Å². The monoisotopic (exact) mass is 334 g/mol. The Kier molecular flexibility index (Phi) is 9.97. The van der Waals surface area contributed by atoms with Gasteiger partial charge in [-0.1, -0.05) is 38.0 Å². The SMILES string of the molecule is CCCCCC(=O)CC[C@@H]1C(=O)C=C[C@@H]1C/C=C\CCCC(=O)O. The molecule has 1 N–H and O–H groups in total. The quantitative estimate of drug-likeness (QED) is 0.398. The topological polar surface area (TPSA) is 71.4 Å². The number of hydrogen-bond donors (Lipinski definition) is 1. The van der Waals surface area contributed by atoms with Gasteiger partial charge in [0.15, 0.2) is 5.78 Å². The van der Waals surface area contributed by atoms with E-state index in [0.29, 0.717) is 25.7 Å². The fraction of sp³-hybridized carbons (Fsp3) is 0.650. The van der Waals surface area contributed by atoms with E-state index >= 15 is 0 Å². The van der Waals surface area contributed by atoms with Crippen LogP contribution in [0.3, 0.4) is 0 Å². The molecule has 0 aromatic heterocycles. The summed E-state index contributed by atoms with van der Waals surface area (Å²) in [6.07, 6.45) is 14.9. The molecule has 0 amide bonds. The van der Waals surface area contributed by atoms with Crippen LogP contribution in [0.2, 0.25) is 0 Å². The molecule has 0 aliphatic heterocycles. The van der Waals surface area contributed by atoms with Crippen LogP contribution in [0, 0.1) is 11.8 Å². The fourth-order valence-corrected chi connectivity index (χ4v) is 3.04. The van der Waals surface area contributed by atoms with E-state index in [2.05, 4.69) is 6.92 Å². The van der Waals surface area contributed by atoms with Gasteiger partial charge in [-0.25, -0.2) is 0 Å². The fourth-order valence-electron chi connectivity index (χ4n) is 3.04. The number of rotatable bonds is 13. The van der Waals surface area contributed by atoms with Crippen molar-refractivity contribution in [2.45, 2.75) is 71.1 Å². The number of carbonyl (C=O) groups excluding carboxylic acids is 2. The number of unbranched alkanes of at least 4 members (excludes halogenated alkanes) is 3. The van der Waals surface area contributed by atoms with Gasteiger partial charge in [-0.2, -0.15) is 0 Å². The van der Waals surface area contributed by atoms with Crippen molar-refractivity contribution >= 4 is 17.5 Å². The van der Waals surface area contributed by atoms with E-state index in [-0.39, 0.29) is 29.8 Å². The minimum absolute atomic E-state index is 0.0659. The number of carboxylic acids is 1. The van der Waals surface area contributed by atoms with Gasteiger partial charge in [0.2, 0.25) is 0 Å². The Morgan fingerprint density at radius 3 is 2.62 bits per heavy atom. The third-order valence-corrected chi connectivity index (χ3v) is 4.52. The predicted molar refractivity (Wildman–Crippen MR) is 94.8 cm³/mol. The lowest BCUT2D eigenvalue weighted by Gasteiger charge is -2.16. The smallest absolute Gasteiger partial charge is 0.303 e. The van der Waals surface area contributed by atoms with Crippen molar-refractivity contribution in [2.75, 3.05) is 0 Å². The van der Waals surface area contributed by atoms with Crippen molar-refractivity contribution in [3.05, 3.63) is 24.3 Å². The second kappa shape index (κ2) is 11.8. The first-order valence-electron chi connectivity index (χ1n) is 9.15. The molecule has 0 bridgehead atoms. The van der Waals surface area contributed by atoms with Gasteiger partial charge in [-0.05, 0) is 44.1 Å². The molecule has 2 atom stereocenters. The summed E-state index contributed by atoms with van der Waals surface area (Å²) in [6, 6.07) is 0. The Labute approximate surface area is 145 Å². The molecule has 0 heterocycles. The lowest BCUT2D eigenvalue weighted by Crippen LogP contribution is -2.17. The van der Waals surface area contributed by atoms with Gasteiger partial charge in [0.05, 0.1) is 0 Å². The van der Waals surface area contributed by atoms with Crippen molar-refractivity contribution in [1.82, 2.24) is 0 Å². The molecule has 1 rings (SSSR count). The van der Waals surface area contributed by atoms with E-state index in [4.69, 9.17) is 5.11 Å². The average Bonchev–Trinajstić information content (AvgIpc) is 2.89. The van der Waals surface area contributed by atoms with Crippen molar-refractivity contribution in [3.63, 3.8) is 0 Å². The van der Waals surface area contributed by atoms with E-state index in [9.17, 15) is 14.4 Å². The molecule has 0 aromatic rings. The number of carboxylic acid groups (broad SMARTS) is 1. The zero-order valence-corrected chi connectivity index (χ0v) is 14.7. The van der Waals surface area contributed by atoms with E-state index < -0.39 is 5.97 Å². The second-order valence-electron chi connectivity index (χ2n) is 6.56. The molecule has 0 aromatic carbocycles. The molecule has 1 aliphatic carbocycles. The molecular formula is C20H30O4. The standard InChI is InChI=1S/C20H30O4/c1-2-3-6-10-17(21)13-14-18-16(12-15-19(18)22)9-7-4-5-8-11-20(23)24/h4,7,12,15-16,18H,2-3,5-6,8-11,13-14H2,1H3,(H,23,24)/b7-4-/t16-,18-/m0/s1. The summed E-state index contributed by atoms with van der Waals surface area (Å²) in [4.78, 5) is 34.3. The number of Topliss-reactive ketones (excluding diaryl/α,β-unsaturated/α-hetero) is 1. The highest BCUT2D eigenvalue weighted by atomic mass is 16.4. The van der Waals surface area contributed by atoms with Crippen LogP contribution in [0.4, 0.5) is 0 Å². The third kappa shape index (κ3) is 8.23. The highest BCUT2D eigenvalue weighted by Crippen LogP contribution is 2.30. The maximum atomic E-state index is 12.0. The maximum Gasteiger partial charge on any atom is 0.303 e. The summed E-state index contributed by atoms with van der Waals surface area (Å²) >= 11 is 0. The van der Waals surface area contributed by atoms with Gasteiger partial charge in [0, 0.05) is 25.2 Å². The van der Waals surface area contributed by atoms with Crippen LogP contribution in [0.15, 0.2) is 24.3 Å². The molecule has 24 heavy (non-hydrogen) atoms. The normalized spacial score (nSPS) is 20.1. The van der Waals surface area contributed by atoms with Crippen LogP contribution in [-0.2, 0) is 14.4 Å². The highest BCUT2D eigenvalue weighted by molar-refractivity contribution is 5.95. The molecule has 0 unspecified atom stereocenters. The first-order chi connectivity index (χ1) is 11.5. The van der Waals surface area contributed by atoms with Crippen molar-refractivity contribution in [1.29, 1.82) is 0 Å². The molecule has 4 heteroatoms. The minimum Gasteiger partial charge on any atom is -0.481 e. The molecule has 4 nitrogen and oxygen atoms in total. The summed E-state index contributed by atoms with van der Waals surface area (Å²) in [5.74, 6) is -0.247. The largest absolute Gasteiger partial charge is 0.481 e. The summed E-state index contributed by atoms with van der Waals surface area (Å²) in [6.45, 7) is 2.12. The molecule has 0 saturated carbocycles. The zero-order valence-electron chi connectivity index (χ0n) is 14.7. The lowest BCUT2D eigenvalue weighted by molar-refractivity contribution is -0.137. The summed E-state index contributed by atoms with van der Waals surface area (Å²) in [5.41, 5.74) is 0. The molecule has 0 radical (unpaired) electrons. The van der Waals surface area contributed by atoms with Crippen molar-refractivity contribution in [3.8, 4) is 0 Å². The molecular weight excluding hydrogens is 304 g/mol. The number of allylic oxidation sites excluding steroid dienone is 4. The Bertz CT molecular complexity index is 476. The van der Waals surface area contributed by atoms with Crippen LogP contribution in [0.1, 0.15) is 71.1 Å². The van der Waals surface area contributed by atoms with Crippen LogP contribution >= 0.6 is 0 Å². The summed E-state index contributed by atoms with van der Waals surface area (Å²) in [7, 11) is 0. The molecule has 0 saturated heterocycles. The Morgan fingerprint density at radius 2 is 1.92 bits per heavy atom. The van der Waals surface area contributed by atoms with Crippen LogP contribution in [0.5, 0.6) is 0 Å². The van der Waals surface area contributed by atoms with Crippen LogP contribution in [0.25, 0.3) is 0 Å². The minimum atomic E-state index is -0.767. The number of carbonyl (C=O) groups is 3. The number of aliphatic carboxylic acids is 1. The highest BCUT2D eigenvalue weighted by Gasteiger charge is 2.29. The third-order valence-electron chi connectivity index (χ3n) is 4.52. The van der Waals surface area contributed by atoms with E-state index in [1.54, 1.807) is 6.08 Å². The molecule has 0 spiro atoms. The Hall–Kier alpha value is -1.71. The van der Waals surface area contributed by atoms with Gasteiger partial charge in [0.25, 0.3) is 0 Å². The van der Waals surface area contributed by atoms with E-state index in [0.717, 1.165) is 32.1 Å². The van der Waals surface area contributed by atoms with Gasteiger partial charge in [-0.15, -0.1) is 0 Å². The lowest BCUT2D eigenvalue weighted by atomic mass is 9.87. The number of ketones is 2. The molecule has 134 valence electrons. The number of hydrogen-bond acceptors (Lipinski definition) is 3. The van der Waals surface area contributed by atoms with Gasteiger partial charge in [0.1, 0.15) is 5.78 Å². The molecule has 1 aliphatic rings. The summed E-state index contributed by atoms with van der Waals surface area (Å²) in [5, 5.41) is 8.58. The first-order valence-corrected chi connectivity index (χ1v) is 9.15.